The molecule has 2 aromatic carbocycles. The van der Waals surface area contributed by atoms with E-state index in [-0.39, 0.29) is 18.0 Å². The second-order valence-electron chi connectivity index (χ2n) is 6.60. The molecule has 0 aromatic heterocycles. The van der Waals surface area contributed by atoms with E-state index in [1.165, 1.54) is 16.7 Å². The van der Waals surface area contributed by atoms with E-state index in [2.05, 4.69) is 68.6 Å². The molecule has 0 aliphatic carbocycles. The van der Waals surface area contributed by atoms with E-state index in [1.807, 2.05) is 4.90 Å². The van der Waals surface area contributed by atoms with Crippen molar-refractivity contribution in [1.29, 1.82) is 0 Å². The molecule has 2 aromatic rings. The van der Waals surface area contributed by atoms with E-state index in [4.69, 9.17) is 0 Å². The Bertz CT molecular complexity index is 721. The van der Waals surface area contributed by atoms with E-state index in [1.54, 1.807) is 6.92 Å². The molecule has 1 aliphatic rings. The van der Waals surface area contributed by atoms with Crippen molar-refractivity contribution in [3.63, 3.8) is 0 Å². The first-order valence-corrected chi connectivity index (χ1v) is 8.19. The number of amides is 1. The third-order valence-corrected chi connectivity index (χ3v) is 4.57. The number of rotatable bonds is 2. The number of hydrogen-bond acceptors (Lipinski definition) is 2. The average molecular weight is 308 g/mol. The van der Waals surface area contributed by atoms with Crippen molar-refractivity contribution in [2.24, 2.45) is 0 Å². The van der Waals surface area contributed by atoms with Crippen LogP contribution in [0.2, 0.25) is 0 Å². The van der Waals surface area contributed by atoms with E-state index >= 15 is 0 Å². The molecule has 1 aliphatic heterocycles. The van der Waals surface area contributed by atoms with Crippen molar-refractivity contribution in [2.45, 2.75) is 46.2 Å². The summed E-state index contributed by atoms with van der Waals surface area (Å²) in [6, 6.07) is 15.2. The highest BCUT2D eigenvalue weighted by Gasteiger charge is 2.32. The number of benzene rings is 2. The molecule has 0 saturated heterocycles. The number of fused-ring (bicyclic) bond motifs is 1. The molecule has 0 unspecified atom stereocenters. The summed E-state index contributed by atoms with van der Waals surface area (Å²) in [6.45, 7) is 7.96. The third-order valence-electron chi connectivity index (χ3n) is 4.57. The zero-order chi connectivity index (χ0) is 16.6. The first-order chi connectivity index (χ1) is 11.0. The summed E-state index contributed by atoms with van der Waals surface area (Å²) in [5, 5.41) is 3.64. The maximum Gasteiger partial charge on any atom is 0.224 e. The number of nitrogens with one attached hydrogen (secondary N) is 1. The van der Waals surface area contributed by atoms with Gasteiger partial charge < -0.3 is 10.2 Å². The lowest BCUT2D eigenvalue weighted by atomic mass is 9.90. The van der Waals surface area contributed by atoms with Gasteiger partial charge in [-0.15, -0.1) is 0 Å². The molecular formula is C20H24N2O. The molecule has 0 bridgehead atoms. The molecule has 1 amide bonds. The lowest BCUT2D eigenvalue weighted by Gasteiger charge is -2.39. The Morgan fingerprint density at radius 3 is 2.39 bits per heavy atom. The highest BCUT2D eigenvalue weighted by Crippen LogP contribution is 2.39. The normalized spacial score (nSPS) is 20.1. The predicted octanol–water partition coefficient (Wildman–Crippen LogP) is 4.60. The summed E-state index contributed by atoms with van der Waals surface area (Å²) in [5.74, 6) is 0.108. The van der Waals surface area contributed by atoms with Crippen LogP contribution in [0.1, 0.15) is 43.0 Å². The molecule has 23 heavy (non-hydrogen) atoms. The second kappa shape index (κ2) is 6.07. The topological polar surface area (TPSA) is 32.3 Å². The summed E-state index contributed by atoms with van der Waals surface area (Å²) >= 11 is 0. The van der Waals surface area contributed by atoms with Gasteiger partial charge in [0.05, 0.1) is 6.04 Å². The Morgan fingerprint density at radius 2 is 1.74 bits per heavy atom. The average Bonchev–Trinajstić information content (AvgIpc) is 2.49. The van der Waals surface area contributed by atoms with Crippen LogP contribution in [0, 0.1) is 13.8 Å². The Hall–Kier alpha value is -2.29. The first-order valence-electron chi connectivity index (χ1n) is 8.19. The van der Waals surface area contributed by atoms with Gasteiger partial charge in [0.25, 0.3) is 0 Å². The van der Waals surface area contributed by atoms with Crippen molar-refractivity contribution < 1.29 is 4.79 Å². The van der Waals surface area contributed by atoms with Gasteiger partial charge >= 0.3 is 0 Å². The van der Waals surface area contributed by atoms with Crippen molar-refractivity contribution in [3.8, 4) is 0 Å². The van der Waals surface area contributed by atoms with Crippen molar-refractivity contribution in [1.82, 2.24) is 0 Å². The number of carbonyl (C=O) groups is 1. The summed E-state index contributed by atoms with van der Waals surface area (Å²) in [4.78, 5) is 14.0. The number of anilines is 2. The largest absolute Gasteiger partial charge is 0.378 e. The van der Waals surface area contributed by atoms with Gasteiger partial charge in [0, 0.05) is 24.3 Å². The zero-order valence-corrected chi connectivity index (χ0v) is 14.3. The van der Waals surface area contributed by atoms with Crippen LogP contribution >= 0.6 is 0 Å². The minimum Gasteiger partial charge on any atom is -0.378 e. The van der Waals surface area contributed by atoms with E-state index in [0.29, 0.717) is 0 Å². The molecule has 120 valence electrons. The van der Waals surface area contributed by atoms with Gasteiger partial charge in [0.2, 0.25) is 5.91 Å². The van der Waals surface area contributed by atoms with E-state index < -0.39 is 0 Å². The molecule has 2 atom stereocenters. The fraction of sp³-hybridized carbons (Fsp3) is 0.350. The number of nitrogens with zero attached hydrogens (tertiary/aromatic N) is 1. The third kappa shape index (κ3) is 3.09. The molecule has 1 N–H and O–H groups in total. The summed E-state index contributed by atoms with van der Waals surface area (Å²) in [5.41, 5.74) is 5.84. The number of aryl methyl sites for hydroxylation is 2. The van der Waals surface area contributed by atoms with Crippen LogP contribution in [0.3, 0.4) is 0 Å². The predicted molar refractivity (Wildman–Crippen MR) is 96.0 cm³/mol. The van der Waals surface area contributed by atoms with E-state index in [9.17, 15) is 4.79 Å². The Balaban J connectivity index is 1.98. The van der Waals surface area contributed by atoms with Crippen LogP contribution in [-0.2, 0) is 4.79 Å². The van der Waals surface area contributed by atoms with Gasteiger partial charge in [-0.05, 0) is 51.0 Å². The fourth-order valence-electron chi connectivity index (χ4n) is 3.45. The van der Waals surface area contributed by atoms with Crippen LogP contribution in [0.25, 0.3) is 0 Å². The highest BCUT2D eigenvalue weighted by molar-refractivity contribution is 5.93. The van der Waals surface area contributed by atoms with Crippen molar-refractivity contribution >= 4 is 17.3 Å². The number of carbonyl (C=O) groups excluding carboxylic acids is 1. The monoisotopic (exact) mass is 308 g/mol. The van der Waals surface area contributed by atoms with E-state index in [0.717, 1.165) is 17.8 Å². The molecule has 3 rings (SSSR count). The first kappa shape index (κ1) is 15.6. The van der Waals surface area contributed by atoms with Gasteiger partial charge in [-0.1, -0.05) is 35.4 Å². The van der Waals surface area contributed by atoms with Gasteiger partial charge in [-0.3, -0.25) is 4.79 Å². The highest BCUT2D eigenvalue weighted by atomic mass is 16.2. The van der Waals surface area contributed by atoms with Gasteiger partial charge in [-0.2, -0.15) is 0 Å². The summed E-state index contributed by atoms with van der Waals surface area (Å²) < 4.78 is 0. The quantitative estimate of drug-likeness (QED) is 0.879. The lowest BCUT2D eigenvalue weighted by Crippen LogP contribution is -2.43. The molecule has 0 spiro atoms. The Kier molecular flexibility index (Phi) is 4.12. The minimum absolute atomic E-state index is 0.108. The molecule has 0 fully saturated rings. The number of hydrogen-bond donors (Lipinski definition) is 1. The van der Waals surface area contributed by atoms with Crippen LogP contribution < -0.4 is 10.2 Å². The van der Waals surface area contributed by atoms with Crippen LogP contribution in [-0.4, -0.2) is 11.9 Å². The Morgan fingerprint density at radius 1 is 1.09 bits per heavy atom. The van der Waals surface area contributed by atoms with Crippen LogP contribution in [0.5, 0.6) is 0 Å². The molecule has 3 heteroatoms. The molecular weight excluding hydrogens is 284 g/mol. The second-order valence-corrected chi connectivity index (χ2v) is 6.60. The Labute approximate surface area is 138 Å². The van der Waals surface area contributed by atoms with Crippen molar-refractivity contribution in [3.05, 3.63) is 59.2 Å². The standard InChI is InChI=1S/C20H24N2O/c1-13-5-8-17(9-6-13)21-19-12-15(3)22(16(4)23)20-10-7-14(2)11-18(19)20/h5-11,15,19,21H,12H2,1-4H3/t15-,19+/m0/s1. The maximum absolute atomic E-state index is 12.1. The molecule has 1 heterocycles. The van der Waals surface area contributed by atoms with Gasteiger partial charge in [-0.25, -0.2) is 0 Å². The maximum atomic E-state index is 12.1. The lowest BCUT2D eigenvalue weighted by molar-refractivity contribution is -0.117. The van der Waals surface area contributed by atoms with Crippen LogP contribution in [0.4, 0.5) is 11.4 Å². The minimum atomic E-state index is 0.108. The fourth-order valence-corrected chi connectivity index (χ4v) is 3.45. The molecule has 0 radical (unpaired) electrons. The summed E-state index contributed by atoms with van der Waals surface area (Å²) in [6.07, 6.45) is 0.907. The SMILES string of the molecule is CC(=O)N1c2ccc(C)cc2[C@H](Nc2ccc(C)cc2)C[C@@H]1C. The molecule has 0 saturated carbocycles. The van der Waals surface area contributed by atoms with Gasteiger partial charge in [0.1, 0.15) is 0 Å². The van der Waals surface area contributed by atoms with Crippen LogP contribution in [0.15, 0.2) is 42.5 Å². The van der Waals surface area contributed by atoms with Gasteiger partial charge in [0.15, 0.2) is 0 Å². The zero-order valence-electron chi connectivity index (χ0n) is 14.3. The molecule has 3 nitrogen and oxygen atoms in total. The van der Waals surface area contributed by atoms with Crippen molar-refractivity contribution in [2.75, 3.05) is 10.2 Å². The smallest absolute Gasteiger partial charge is 0.224 e. The summed E-state index contributed by atoms with van der Waals surface area (Å²) in [7, 11) is 0.